The summed E-state index contributed by atoms with van der Waals surface area (Å²) >= 11 is 9.45. The fourth-order valence-electron chi connectivity index (χ4n) is 4.15. The lowest BCUT2D eigenvalue weighted by atomic mass is 9.97. The van der Waals surface area contributed by atoms with Crippen molar-refractivity contribution in [2.75, 3.05) is 29.9 Å². The van der Waals surface area contributed by atoms with Gasteiger partial charge in [-0.2, -0.15) is 5.10 Å². The molecular formula is C24H23BrClN7O2. The number of rotatable bonds is 6. The van der Waals surface area contributed by atoms with E-state index < -0.39 is 5.91 Å². The van der Waals surface area contributed by atoms with Crippen LogP contribution in [0.1, 0.15) is 33.7 Å². The number of amides is 2. The maximum Gasteiger partial charge on any atom is 0.270 e. The monoisotopic (exact) mass is 555 g/mol. The summed E-state index contributed by atoms with van der Waals surface area (Å²) in [5, 5.41) is 12.7. The third-order valence-electron chi connectivity index (χ3n) is 6.13. The van der Waals surface area contributed by atoms with Crippen LogP contribution in [0.5, 0.6) is 0 Å². The number of carbonyl (C=O) groups is 2. The van der Waals surface area contributed by atoms with Crippen molar-refractivity contribution < 1.29 is 9.59 Å². The molecular weight excluding hydrogens is 534 g/mol. The summed E-state index contributed by atoms with van der Waals surface area (Å²) in [6, 6.07) is 14.7. The Labute approximate surface area is 214 Å². The Hall–Kier alpha value is -3.37. The molecule has 180 valence electrons. The fourth-order valence-corrected chi connectivity index (χ4v) is 4.82. The van der Waals surface area contributed by atoms with E-state index in [1.165, 1.54) is 0 Å². The molecule has 1 saturated heterocycles. The summed E-state index contributed by atoms with van der Waals surface area (Å²) in [5.41, 5.74) is 2.57. The van der Waals surface area contributed by atoms with Crippen LogP contribution in [-0.4, -0.2) is 51.6 Å². The topological polar surface area (TPSA) is 119 Å². The predicted octanol–water partition coefficient (Wildman–Crippen LogP) is 4.60. The molecule has 1 aliphatic heterocycles. The molecule has 4 aromatic rings. The summed E-state index contributed by atoms with van der Waals surface area (Å²) in [4.78, 5) is 35.5. The van der Waals surface area contributed by atoms with Gasteiger partial charge < -0.3 is 20.5 Å². The van der Waals surface area contributed by atoms with Crippen LogP contribution in [-0.2, 0) is 0 Å². The summed E-state index contributed by atoms with van der Waals surface area (Å²) in [5.74, 6) is 0.773. The first-order chi connectivity index (χ1) is 17.0. The van der Waals surface area contributed by atoms with Crippen molar-refractivity contribution in [2.45, 2.75) is 12.8 Å². The van der Waals surface area contributed by atoms with Crippen molar-refractivity contribution in [3.05, 3.63) is 69.3 Å². The van der Waals surface area contributed by atoms with Crippen LogP contribution in [0.3, 0.4) is 0 Å². The number of aromatic nitrogens is 4. The van der Waals surface area contributed by atoms with Crippen LogP contribution in [0, 0.1) is 5.92 Å². The van der Waals surface area contributed by atoms with Gasteiger partial charge in [-0.25, -0.2) is 4.98 Å². The van der Waals surface area contributed by atoms with Gasteiger partial charge in [0.25, 0.3) is 11.8 Å². The highest BCUT2D eigenvalue weighted by molar-refractivity contribution is 9.10. The molecule has 0 bridgehead atoms. The molecule has 3 heterocycles. The number of H-pyrrole nitrogens is 2. The summed E-state index contributed by atoms with van der Waals surface area (Å²) in [7, 11) is 0. The number of anilines is 2. The Morgan fingerprint density at radius 3 is 2.60 bits per heavy atom. The maximum absolute atomic E-state index is 12.7. The number of nitrogens with one attached hydrogen (secondary N) is 4. The Bertz CT molecular complexity index is 1340. The van der Waals surface area contributed by atoms with Gasteiger partial charge in [0.05, 0.1) is 26.1 Å². The minimum atomic E-state index is -0.411. The summed E-state index contributed by atoms with van der Waals surface area (Å²) < 4.78 is 0.384. The Balaban J connectivity index is 1.14. The molecule has 11 heteroatoms. The molecule has 0 atom stereocenters. The lowest BCUT2D eigenvalue weighted by molar-refractivity contribution is 0.0938. The molecule has 1 aliphatic rings. The van der Waals surface area contributed by atoms with Crippen LogP contribution >= 0.6 is 27.5 Å². The third-order valence-corrected chi connectivity index (χ3v) is 7.23. The van der Waals surface area contributed by atoms with Crippen LogP contribution in [0.15, 0.2) is 53.0 Å². The normalized spacial score (nSPS) is 14.3. The molecule has 0 aliphatic carbocycles. The van der Waals surface area contributed by atoms with Crippen molar-refractivity contribution in [1.82, 2.24) is 25.5 Å². The average Bonchev–Trinajstić information content (AvgIpc) is 3.47. The quantitative estimate of drug-likeness (QED) is 0.277. The van der Waals surface area contributed by atoms with Gasteiger partial charge in [-0.05, 0) is 59.0 Å². The molecule has 35 heavy (non-hydrogen) atoms. The van der Waals surface area contributed by atoms with Gasteiger partial charge in [-0.15, -0.1) is 0 Å². The minimum Gasteiger partial charge on any atom is -0.350 e. The molecule has 5 rings (SSSR count). The molecule has 9 nitrogen and oxygen atoms in total. The van der Waals surface area contributed by atoms with Crippen molar-refractivity contribution >= 4 is 62.1 Å². The molecule has 2 aromatic heterocycles. The van der Waals surface area contributed by atoms with Crippen molar-refractivity contribution in [2.24, 2.45) is 5.92 Å². The van der Waals surface area contributed by atoms with Crippen molar-refractivity contribution in [3.8, 4) is 0 Å². The Morgan fingerprint density at radius 2 is 1.83 bits per heavy atom. The van der Waals surface area contributed by atoms with Gasteiger partial charge in [0.1, 0.15) is 5.69 Å². The lowest BCUT2D eigenvalue weighted by Gasteiger charge is -2.31. The van der Waals surface area contributed by atoms with E-state index in [9.17, 15) is 9.59 Å². The number of imidazole rings is 1. The molecule has 0 radical (unpaired) electrons. The van der Waals surface area contributed by atoms with Crippen LogP contribution < -0.4 is 15.5 Å². The van der Waals surface area contributed by atoms with E-state index in [1.54, 1.807) is 24.3 Å². The first-order valence-electron chi connectivity index (χ1n) is 11.3. The van der Waals surface area contributed by atoms with E-state index in [0.717, 1.165) is 42.9 Å². The number of fused-ring (bicyclic) bond motifs is 1. The first kappa shape index (κ1) is 23.4. The van der Waals surface area contributed by atoms with Crippen LogP contribution in [0.25, 0.3) is 11.0 Å². The van der Waals surface area contributed by atoms with E-state index >= 15 is 0 Å². The zero-order valence-corrected chi connectivity index (χ0v) is 21.0. The number of benzene rings is 2. The molecule has 4 N–H and O–H groups in total. The van der Waals surface area contributed by atoms with Gasteiger partial charge >= 0.3 is 0 Å². The van der Waals surface area contributed by atoms with E-state index in [0.29, 0.717) is 27.5 Å². The predicted molar refractivity (Wildman–Crippen MR) is 139 cm³/mol. The second-order valence-corrected chi connectivity index (χ2v) is 9.61. The number of hydrogen-bond acceptors (Lipinski definition) is 5. The molecule has 1 fully saturated rings. The largest absolute Gasteiger partial charge is 0.350 e. The molecule has 0 saturated carbocycles. The number of para-hydroxylation sites is 2. The van der Waals surface area contributed by atoms with Gasteiger partial charge in [-0.3, -0.25) is 14.7 Å². The van der Waals surface area contributed by atoms with Gasteiger partial charge in [0.15, 0.2) is 5.82 Å². The molecule has 2 amide bonds. The maximum atomic E-state index is 12.7. The van der Waals surface area contributed by atoms with Gasteiger partial charge in [-0.1, -0.05) is 35.9 Å². The fraction of sp³-hybridized carbons (Fsp3) is 0.250. The second-order valence-electron chi connectivity index (χ2n) is 8.41. The van der Waals surface area contributed by atoms with Crippen LogP contribution in [0.2, 0.25) is 5.02 Å². The smallest absolute Gasteiger partial charge is 0.270 e. The standard InChI is InChI=1S/C24H23BrClN7O2/c25-19-20(31-32-21(19)30-22(34)15-5-1-2-6-16(15)26)23(35)27-13-14-9-11-33(12-10-14)24-28-17-7-3-4-8-18(17)29-24/h1-8,14H,9-13H2,(H,27,35)(H,28,29)(H2,30,31,32,34). The highest BCUT2D eigenvalue weighted by Crippen LogP contribution is 2.26. The minimum absolute atomic E-state index is 0.221. The zero-order chi connectivity index (χ0) is 24.4. The van der Waals surface area contributed by atoms with Gasteiger partial charge in [0.2, 0.25) is 5.95 Å². The highest BCUT2D eigenvalue weighted by atomic mass is 79.9. The summed E-state index contributed by atoms with van der Waals surface area (Å²) in [6.45, 7) is 2.29. The lowest BCUT2D eigenvalue weighted by Crippen LogP contribution is -2.39. The number of halogens is 2. The third kappa shape index (κ3) is 5.03. The van der Waals surface area contributed by atoms with E-state index in [1.807, 2.05) is 24.3 Å². The Morgan fingerprint density at radius 1 is 1.09 bits per heavy atom. The SMILES string of the molecule is O=C(Nc1n[nH]c(C(=O)NCC2CCN(c3nc4ccccc4[nH]3)CC2)c1Br)c1ccccc1Cl. The number of nitrogens with zero attached hydrogens (tertiary/aromatic N) is 3. The first-order valence-corrected chi connectivity index (χ1v) is 12.4. The number of piperidine rings is 1. The Kier molecular flexibility index (Phi) is 6.74. The van der Waals surface area contributed by atoms with E-state index in [4.69, 9.17) is 11.6 Å². The molecule has 0 spiro atoms. The molecule has 2 aromatic carbocycles. The number of hydrogen-bond donors (Lipinski definition) is 4. The van der Waals surface area contributed by atoms with E-state index in [2.05, 4.69) is 51.6 Å². The van der Waals surface area contributed by atoms with Crippen LogP contribution in [0.4, 0.5) is 11.8 Å². The van der Waals surface area contributed by atoms with Gasteiger partial charge in [0, 0.05) is 19.6 Å². The zero-order valence-electron chi connectivity index (χ0n) is 18.6. The highest BCUT2D eigenvalue weighted by Gasteiger charge is 2.24. The number of aromatic amines is 2. The average molecular weight is 557 g/mol. The van der Waals surface area contributed by atoms with E-state index in [-0.39, 0.29) is 17.4 Å². The van der Waals surface area contributed by atoms with Crippen molar-refractivity contribution in [1.29, 1.82) is 0 Å². The second kappa shape index (κ2) is 10.1. The molecule has 0 unspecified atom stereocenters. The number of carbonyl (C=O) groups excluding carboxylic acids is 2. The summed E-state index contributed by atoms with van der Waals surface area (Å²) in [6.07, 6.45) is 1.89. The van der Waals surface area contributed by atoms with Crippen molar-refractivity contribution in [3.63, 3.8) is 0 Å².